The molecule has 0 N–H and O–H groups in total. The number of rotatable bonds is 9. The van der Waals surface area contributed by atoms with E-state index in [2.05, 4.69) is 50.2 Å². The van der Waals surface area contributed by atoms with E-state index in [4.69, 9.17) is 9.47 Å². The van der Waals surface area contributed by atoms with Gasteiger partial charge in [-0.1, -0.05) is 13.8 Å². The second-order valence-electron chi connectivity index (χ2n) is 6.86. The number of ketones is 1. The molecule has 4 aromatic rings. The van der Waals surface area contributed by atoms with Gasteiger partial charge in [-0.2, -0.15) is 0 Å². The number of ether oxygens (including phenoxy) is 2. The third-order valence-corrected chi connectivity index (χ3v) is 9.01. The van der Waals surface area contributed by atoms with Crippen LogP contribution in [0.4, 0.5) is 0 Å². The monoisotopic (exact) mass is 488 g/mol. The molecule has 0 aliphatic heterocycles. The lowest BCUT2D eigenvalue weighted by molar-refractivity contribution is 0.0529. The second kappa shape index (κ2) is 9.96. The van der Waals surface area contributed by atoms with Crippen molar-refractivity contribution in [3.8, 4) is 15.5 Å². The summed E-state index contributed by atoms with van der Waals surface area (Å²) in [6.07, 6.45) is 0. The fourth-order valence-electron chi connectivity index (χ4n) is 3.56. The lowest BCUT2D eigenvalue weighted by Crippen LogP contribution is -1.99. The van der Waals surface area contributed by atoms with Gasteiger partial charge in [-0.25, -0.2) is 0 Å². The smallest absolute Gasteiger partial charge is 0.188 e. The summed E-state index contributed by atoms with van der Waals surface area (Å²) in [5.74, 6) is 2.90. The van der Waals surface area contributed by atoms with E-state index in [9.17, 15) is 4.79 Å². The molecule has 0 spiro atoms. The minimum Gasteiger partial charge on any atom is -0.465 e. The summed E-state index contributed by atoms with van der Waals surface area (Å²) >= 11 is 6.94. The van der Waals surface area contributed by atoms with Gasteiger partial charge in [-0.05, 0) is 54.8 Å². The normalized spacial score (nSPS) is 11.5. The fourth-order valence-corrected chi connectivity index (χ4v) is 7.45. The fraction of sp³-hybridized carbons (Fsp3) is 0.292. The van der Waals surface area contributed by atoms with E-state index in [0.717, 1.165) is 52.7 Å². The topological polar surface area (TPSA) is 35.5 Å². The van der Waals surface area contributed by atoms with Crippen molar-refractivity contribution in [3.63, 3.8) is 0 Å². The summed E-state index contributed by atoms with van der Waals surface area (Å²) in [6.45, 7) is 6.12. The summed E-state index contributed by atoms with van der Waals surface area (Å²) in [5, 5.41) is 2.10. The number of hydrogen-bond donors (Lipinski definition) is 0. The summed E-state index contributed by atoms with van der Waals surface area (Å²) in [6, 6.07) is 12.9. The van der Waals surface area contributed by atoms with Gasteiger partial charge in [0.15, 0.2) is 12.6 Å². The number of Topliss-reactive ketones (excluding diaryl/α,β-unsaturated/α-hetero) is 1. The van der Waals surface area contributed by atoms with Crippen molar-refractivity contribution in [3.05, 3.63) is 42.0 Å². The molecule has 0 aliphatic rings. The number of fused-ring (bicyclic) bond motifs is 2. The first-order valence-electron chi connectivity index (χ1n) is 10.1. The molecule has 0 unspecified atom stereocenters. The molecule has 0 atom stereocenters. The Morgan fingerprint density at radius 1 is 0.903 bits per heavy atom. The molecule has 0 amide bonds. The predicted molar refractivity (Wildman–Crippen MR) is 138 cm³/mol. The SMILES string of the molecule is CCSc1ccc2sc(-c3sc4ccc(SCC)cc4c3C(C)=O)c(OCOC)c2c1. The largest absolute Gasteiger partial charge is 0.465 e. The van der Waals surface area contributed by atoms with E-state index in [-0.39, 0.29) is 12.6 Å². The molecule has 2 aromatic heterocycles. The molecule has 162 valence electrons. The Morgan fingerprint density at radius 3 is 2.06 bits per heavy atom. The molecular formula is C24H24O3S4. The van der Waals surface area contributed by atoms with Crippen LogP contribution in [-0.2, 0) is 4.74 Å². The Kier molecular flexibility index (Phi) is 7.29. The highest BCUT2D eigenvalue weighted by molar-refractivity contribution is 7.99. The first kappa shape index (κ1) is 22.7. The minimum atomic E-state index is 0.0808. The van der Waals surface area contributed by atoms with Crippen molar-refractivity contribution < 1.29 is 14.3 Å². The van der Waals surface area contributed by atoms with E-state index in [1.165, 1.54) is 9.79 Å². The minimum absolute atomic E-state index is 0.0808. The average molecular weight is 489 g/mol. The van der Waals surface area contributed by atoms with Crippen LogP contribution in [0.15, 0.2) is 46.2 Å². The molecule has 2 aromatic carbocycles. The van der Waals surface area contributed by atoms with Crippen LogP contribution in [0.5, 0.6) is 5.75 Å². The van der Waals surface area contributed by atoms with Gasteiger partial charge in [0.2, 0.25) is 0 Å². The van der Waals surface area contributed by atoms with Gasteiger partial charge in [0.05, 0.1) is 9.75 Å². The Balaban J connectivity index is 1.96. The van der Waals surface area contributed by atoms with Crippen molar-refractivity contribution in [1.29, 1.82) is 0 Å². The summed E-state index contributed by atoms with van der Waals surface area (Å²) in [5.41, 5.74) is 0.788. The van der Waals surface area contributed by atoms with E-state index < -0.39 is 0 Å². The Labute approximate surface area is 199 Å². The van der Waals surface area contributed by atoms with Gasteiger partial charge < -0.3 is 9.47 Å². The lowest BCUT2D eigenvalue weighted by Gasteiger charge is -2.08. The molecule has 0 saturated heterocycles. The van der Waals surface area contributed by atoms with Gasteiger partial charge >= 0.3 is 0 Å². The van der Waals surface area contributed by atoms with Crippen LogP contribution >= 0.6 is 46.2 Å². The molecule has 0 aliphatic carbocycles. The molecule has 31 heavy (non-hydrogen) atoms. The number of carbonyl (C=O) groups is 1. The van der Waals surface area contributed by atoms with Crippen molar-refractivity contribution in [2.45, 2.75) is 30.6 Å². The maximum Gasteiger partial charge on any atom is 0.188 e. The van der Waals surface area contributed by atoms with Gasteiger partial charge in [-0.15, -0.1) is 46.2 Å². The summed E-state index contributed by atoms with van der Waals surface area (Å²) in [4.78, 5) is 17.2. The predicted octanol–water partition coefficient (Wildman–Crippen LogP) is 8.19. The molecule has 0 bridgehead atoms. The van der Waals surface area contributed by atoms with E-state index in [1.807, 2.05) is 11.8 Å². The maximum absolute atomic E-state index is 12.8. The van der Waals surface area contributed by atoms with Crippen molar-refractivity contribution in [2.75, 3.05) is 25.4 Å². The van der Waals surface area contributed by atoms with Crippen LogP contribution in [0.1, 0.15) is 31.1 Å². The molecule has 2 heterocycles. The molecule has 4 rings (SSSR count). The zero-order chi connectivity index (χ0) is 22.0. The van der Waals surface area contributed by atoms with Gasteiger partial charge in [0.25, 0.3) is 0 Å². The highest BCUT2D eigenvalue weighted by Gasteiger charge is 2.24. The zero-order valence-electron chi connectivity index (χ0n) is 17.9. The second-order valence-corrected chi connectivity index (χ2v) is 11.6. The number of thiophene rings is 2. The van der Waals surface area contributed by atoms with Crippen molar-refractivity contribution >= 4 is 72.2 Å². The highest BCUT2D eigenvalue weighted by Crippen LogP contribution is 2.51. The van der Waals surface area contributed by atoms with Crippen LogP contribution < -0.4 is 4.74 Å². The summed E-state index contributed by atoms with van der Waals surface area (Å²) in [7, 11) is 1.62. The van der Waals surface area contributed by atoms with Crippen LogP contribution in [0.3, 0.4) is 0 Å². The molecule has 7 heteroatoms. The van der Waals surface area contributed by atoms with Crippen molar-refractivity contribution in [1.82, 2.24) is 0 Å². The molecule has 3 nitrogen and oxygen atoms in total. The van der Waals surface area contributed by atoms with Crippen LogP contribution in [0.2, 0.25) is 0 Å². The number of benzene rings is 2. The first-order valence-corrected chi connectivity index (χ1v) is 13.7. The van der Waals surface area contributed by atoms with Crippen LogP contribution in [0.25, 0.3) is 29.9 Å². The number of hydrogen-bond acceptors (Lipinski definition) is 7. The maximum atomic E-state index is 12.8. The number of carbonyl (C=O) groups excluding carboxylic acids is 1. The Hall–Kier alpha value is -1.51. The number of methoxy groups -OCH3 is 1. The first-order chi connectivity index (χ1) is 15.1. The van der Waals surface area contributed by atoms with E-state index in [1.54, 1.807) is 48.5 Å². The summed E-state index contributed by atoms with van der Waals surface area (Å²) < 4.78 is 13.6. The van der Waals surface area contributed by atoms with Crippen LogP contribution in [0, 0.1) is 0 Å². The third-order valence-electron chi connectivity index (χ3n) is 4.77. The van der Waals surface area contributed by atoms with Crippen molar-refractivity contribution in [2.24, 2.45) is 0 Å². The lowest BCUT2D eigenvalue weighted by atomic mass is 10.1. The molecule has 0 radical (unpaired) electrons. The van der Waals surface area contributed by atoms with E-state index in [0.29, 0.717) is 0 Å². The quantitative estimate of drug-likeness (QED) is 0.135. The van der Waals surface area contributed by atoms with Gasteiger partial charge in [0, 0.05) is 42.6 Å². The van der Waals surface area contributed by atoms with E-state index >= 15 is 0 Å². The van der Waals surface area contributed by atoms with Gasteiger partial charge in [0.1, 0.15) is 5.75 Å². The van der Waals surface area contributed by atoms with Gasteiger partial charge in [-0.3, -0.25) is 4.79 Å². The third kappa shape index (κ3) is 4.52. The highest BCUT2D eigenvalue weighted by atomic mass is 32.2. The Morgan fingerprint density at radius 2 is 1.48 bits per heavy atom. The average Bonchev–Trinajstić information content (AvgIpc) is 3.30. The molecule has 0 fully saturated rings. The Bertz CT molecular complexity index is 1240. The standard InChI is InChI=1S/C24H24O3S4/c1-5-28-15-7-9-19-17(11-15)21(14(3)25)23(30-19)24-22(27-13-26-4)18-12-16(29-6-2)8-10-20(18)31-24/h7-12H,5-6,13H2,1-4H3. The molecule has 0 saturated carbocycles. The van der Waals surface area contributed by atoms with Crippen LogP contribution in [-0.4, -0.2) is 31.2 Å². The number of thioether (sulfide) groups is 2. The zero-order valence-corrected chi connectivity index (χ0v) is 21.2. The molecular weight excluding hydrogens is 465 g/mol.